The second-order valence-corrected chi connectivity index (χ2v) is 11.0. The van der Waals surface area contributed by atoms with Crippen LogP contribution >= 0.6 is 0 Å². The number of rotatable bonds is 8. The Kier molecular flexibility index (Phi) is 7.20. The third-order valence-corrected chi connectivity index (χ3v) is 6.80. The summed E-state index contributed by atoms with van der Waals surface area (Å²) in [6.07, 6.45) is 4.07. The normalized spacial score (nSPS) is 20.4. The summed E-state index contributed by atoms with van der Waals surface area (Å²) in [4.78, 5) is 11.8. The molecular weight excluding hydrogens is 426 g/mol. The van der Waals surface area contributed by atoms with Crippen LogP contribution < -0.4 is 20.7 Å². The molecule has 1 heterocycles. The molecule has 3 atom stereocenters. The number of fused-ring (bicyclic) bond motifs is 1. The summed E-state index contributed by atoms with van der Waals surface area (Å²) in [6.45, 7) is 8.32. The van der Waals surface area contributed by atoms with Gasteiger partial charge in [-0.2, -0.15) is 0 Å². The largest absolute Gasteiger partial charge is 0.487 e. The lowest BCUT2D eigenvalue weighted by Crippen LogP contribution is -2.52. The van der Waals surface area contributed by atoms with Crippen molar-refractivity contribution in [3.63, 3.8) is 0 Å². The van der Waals surface area contributed by atoms with E-state index in [0.717, 1.165) is 41.8 Å². The van der Waals surface area contributed by atoms with E-state index in [2.05, 4.69) is 54.9 Å². The van der Waals surface area contributed by atoms with Crippen LogP contribution in [0.5, 0.6) is 5.75 Å². The number of hydrogen-bond donors (Lipinski definition) is 4. The third kappa shape index (κ3) is 6.10. The zero-order valence-corrected chi connectivity index (χ0v) is 20.9. The van der Waals surface area contributed by atoms with E-state index in [9.17, 15) is 9.90 Å². The summed E-state index contributed by atoms with van der Waals surface area (Å²) in [5.41, 5.74) is 3.13. The van der Waals surface area contributed by atoms with E-state index >= 15 is 0 Å². The predicted molar refractivity (Wildman–Crippen MR) is 136 cm³/mol. The number of aliphatic hydroxyl groups excluding tert-OH is 1. The van der Waals surface area contributed by atoms with Gasteiger partial charge < -0.3 is 25.8 Å². The summed E-state index contributed by atoms with van der Waals surface area (Å²) in [5.74, 6) is 0.794. The number of aliphatic hydroxyl groups is 1. The Morgan fingerprint density at radius 2 is 1.91 bits per heavy atom. The number of hydrogen-bond acceptors (Lipinski definition) is 5. The SMILES string of the molecule is CC(=O)N[C@@H](Cc1ccccc1)[C@H](O)CN[C@H]1CC2(CCC2)Oc2ccc(NC(C)(C)C)cc21. The second kappa shape index (κ2) is 9.96. The smallest absolute Gasteiger partial charge is 0.217 e. The number of carbonyl (C=O) groups excluding carboxylic acids is 1. The molecule has 0 unspecified atom stereocenters. The molecule has 0 bridgehead atoms. The summed E-state index contributed by atoms with van der Waals surface area (Å²) in [5, 5.41) is 21.2. The van der Waals surface area contributed by atoms with Gasteiger partial charge in [-0.1, -0.05) is 30.3 Å². The van der Waals surface area contributed by atoms with Crippen LogP contribution in [0.4, 0.5) is 5.69 Å². The monoisotopic (exact) mass is 465 g/mol. The van der Waals surface area contributed by atoms with E-state index in [0.29, 0.717) is 13.0 Å². The Labute approximate surface area is 203 Å². The van der Waals surface area contributed by atoms with Crippen molar-refractivity contribution in [2.75, 3.05) is 11.9 Å². The first kappa shape index (κ1) is 24.6. The molecule has 2 aromatic carbocycles. The molecular formula is C28H39N3O3. The molecule has 1 aliphatic carbocycles. The fourth-order valence-corrected chi connectivity index (χ4v) is 5.06. The van der Waals surface area contributed by atoms with Gasteiger partial charge in [0.15, 0.2) is 0 Å². The maximum absolute atomic E-state index is 11.8. The van der Waals surface area contributed by atoms with Crippen LogP contribution in [0, 0.1) is 0 Å². The lowest BCUT2D eigenvalue weighted by Gasteiger charge is -2.48. The molecule has 1 saturated carbocycles. The molecule has 1 fully saturated rings. The highest BCUT2D eigenvalue weighted by Gasteiger charge is 2.45. The molecule has 6 heteroatoms. The zero-order valence-electron chi connectivity index (χ0n) is 20.9. The maximum atomic E-state index is 11.8. The van der Waals surface area contributed by atoms with Crippen molar-refractivity contribution in [3.8, 4) is 5.75 Å². The molecule has 2 aromatic rings. The Hall–Kier alpha value is -2.57. The molecule has 184 valence electrons. The van der Waals surface area contributed by atoms with Crippen molar-refractivity contribution in [2.45, 2.75) is 89.1 Å². The van der Waals surface area contributed by atoms with Crippen LogP contribution in [0.3, 0.4) is 0 Å². The van der Waals surface area contributed by atoms with Gasteiger partial charge in [0.1, 0.15) is 11.4 Å². The van der Waals surface area contributed by atoms with E-state index < -0.39 is 6.10 Å². The van der Waals surface area contributed by atoms with Gasteiger partial charge >= 0.3 is 0 Å². The molecule has 1 amide bonds. The van der Waals surface area contributed by atoms with Crippen LogP contribution in [0.1, 0.15) is 70.5 Å². The lowest BCUT2D eigenvalue weighted by atomic mass is 9.73. The van der Waals surface area contributed by atoms with Crippen molar-refractivity contribution < 1.29 is 14.6 Å². The van der Waals surface area contributed by atoms with Gasteiger partial charge in [-0.25, -0.2) is 0 Å². The van der Waals surface area contributed by atoms with Crippen LogP contribution in [-0.2, 0) is 11.2 Å². The summed E-state index contributed by atoms with van der Waals surface area (Å²) in [7, 11) is 0. The van der Waals surface area contributed by atoms with Gasteiger partial charge in [-0.15, -0.1) is 0 Å². The first-order valence-electron chi connectivity index (χ1n) is 12.5. The Bertz CT molecular complexity index is 982. The fraction of sp³-hybridized carbons (Fsp3) is 0.536. The predicted octanol–water partition coefficient (Wildman–Crippen LogP) is 4.34. The van der Waals surface area contributed by atoms with Gasteiger partial charge in [0.2, 0.25) is 5.91 Å². The zero-order chi connectivity index (χ0) is 24.3. The van der Waals surface area contributed by atoms with E-state index in [1.165, 1.54) is 13.3 Å². The number of anilines is 1. The number of amides is 1. The topological polar surface area (TPSA) is 82.6 Å². The third-order valence-electron chi connectivity index (χ3n) is 6.80. The maximum Gasteiger partial charge on any atom is 0.217 e. The van der Waals surface area contributed by atoms with Gasteiger partial charge in [0, 0.05) is 42.7 Å². The molecule has 4 rings (SSSR count). The Balaban J connectivity index is 1.50. The highest BCUT2D eigenvalue weighted by molar-refractivity contribution is 5.73. The van der Waals surface area contributed by atoms with Crippen LogP contribution in [0.25, 0.3) is 0 Å². The lowest BCUT2D eigenvalue weighted by molar-refractivity contribution is -0.120. The molecule has 0 radical (unpaired) electrons. The van der Waals surface area contributed by atoms with Crippen molar-refractivity contribution >= 4 is 11.6 Å². The van der Waals surface area contributed by atoms with Crippen molar-refractivity contribution in [1.82, 2.24) is 10.6 Å². The molecule has 0 aromatic heterocycles. The van der Waals surface area contributed by atoms with Gasteiger partial charge in [-0.05, 0) is 70.2 Å². The molecule has 4 N–H and O–H groups in total. The highest BCUT2D eigenvalue weighted by atomic mass is 16.5. The van der Waals surface area contributed by atoms with Crippen LogP contribution in [0.2, 0.25) is 0 Å². The van der Waals surface area contributed by atoms with Crippen LogP contribution in [-0.4, -0.2) is 40.8 Å². The van der Waals surface area contributed by atoms with Gasteiger partial charge in [0.05, 0.1) is 12.1 Å². The van der Waals surface area contributed by atoms with Gasteiger partial charge in [-0.3, -0.25) is 4.79 Å². The molecule has 1 aliphatic heterocycles. The Morgan fingerprint density at radius 3 is 2.53 bits per heavy atom. The van der Waals surface area contributed by atoms with E-state index in [1.54, 1.807) is 0 Å². The number of nitrogens with one attached hydrogen (secondary N) is 3. The van der Waals surface area contributed by atoms with Crippen molar-refractivity contribution in [1.29, 1.82) is 0 Å². The average molecular weight is 466 g/mol. The minimum absolute atomic E-state index is 0.0406. The summed E-state index contributed by atoms with van der Waals surface area (Å²) in [6, 6.07) is 16.0. The standard InChI is InChI=1S/C28H39N3O3/c1-19(32)30-23(15-20-9-6-5-7-10-20)25(33)18-29-24-17-28(13-8-14-28)34-26-12-11-21(16-22(24)26)31-27(2,3)4/h5-7,9-12,16,23-25,29,31,33H,8,13-15,17-18H2,1-4H3,(H,30,32)/t23-,24-,25+/m0/s1. The van der Waals surface area contributed by atoms with E-state index in [-0.39, 0.29) is 29.1 Å². The van der Waals surface area contributed by atoms with Gasteiger partial charge in [0.25, 0.3) is 0 Å². The second-order valence-electron chi connectivity index (χ2n) is 11.0. The summed E-state index contributed by atoms with van der Waals surface area (Å²) >= 11 is 0. The summed E-state index contributed by atoms with van der Waals surface area (Å²) < 4.78 is 6.47. The van der Waals surface area contributed by atoms with E-state index in [4.69, 9.17) is 4.74 Å². The first-order valence-corrected chi connectivity index (χ1v) is 12.5. The number of benzene rings is 2. The minimum Gasteiger partial charge on any atom is -0.487 e. The molecule has 2 aliphatic rings. The molecule has 34 heavy (non-hydrogen) atoms. The van der Waals surface area contributed by atoms with Crippen molar-refractivity contribution in [2.24, 2.45) is 0 Å². The molecule has 1 spiro atoms. The first-order chi connectivity index (χ1) is 16.1. The Morgan fingerprint density at radius 1 is 1.18 bits per heavy atom. The molecule has 0 saturated heterocycles. The van der Waals surface area contributed by atoms with Crippen molar-refractivity contribution in [3.05, 3.63) is 59.7 Å². The minimum atomic E-state index is -0.719. The fourth-order valence-electron chi connectivity index (χ4n) is 5.06. The quantitative estimate of drug-likeness (QED) is 0.466. The van der Waals surface area contributed by atoms with Crippen LogP contribution in [0.15, 0.2) is 48.5 Å². The van der Waals surface area contributed by atoms with E-state index in [1.807, 2.05) is 30.3 Å². The molecule has 6 nitrogen and oxygen atoms in total. The number of ether oxygens (including phenoxy) is 1. The highest BCUT2D eigenvalue weighted by Crippen LogP contribution is 2.49. The average Bonchev–Trinajstić information content (AvgIpc) is 2.75. The number of carbonyl (C=O) groups is 1.